The zero-order valence-corrected chi connectivity index (χ0v) is 15.0. The van der Waals surface area contributed by atoms with Crippen LogP contribution in [0.2, 0.25) is 0 Å². The van der Waals surface area contributed by atoms with Crippen LogP contribution in [-0.4, -0.2) is 18.6 Å². The second-order valence-electron chi connectivity index (χ2n) is 7.02. The number of benzene rings is 2. The zero-order valence-electron chi connectivity index (χ0n) is 15.0. The Labute approximate surface area is 150 Å². The number of hydrogen-bond donors (Lipinski definition) is 1. The van der Waals surface area contributed by atoms with Gasteiger partial charge in [-0.2, -0.15) is 0 Å². The lowest BCUT2D eigenvalue weighted by Crippen LogP contribution is -2.28. The lowest BCUT2D eigenvalue weighted by atomic mass is 9.99. The summed E-state index contributed by atoms with van der Waals surface area (Å²) >= 11 is 0. The summed E-state index contributed by atoms with van der Waals surface area (Å²) in [6, 6.07) is 16.5. The Bertz CT molecular complexity index is 700. The van der Waals surface area contributed by atoms with Gasteiger partial charge >= 0.3 is 0 Å². The molecule has 1 N–H and O–H groups in total. The van der Waals surface area contributed by atoms with Gasteiger partial charge in [-0.15, -0.1) is 0 Å². The van der Waals surface area contributed by atoms with Crippen LogP contribution in [0.1, 0.15) is 49.9 Å². The molecule has 1 aliphatic carbocycles. The van der Waals surface area contributed by atoms with Crippen LogP contribution in [-0.2, 0) is 0 Å². The highest BCUT2D eigenvalue weighted by atomic mass is 16.5. The number of hydrogen-bond acceptors (Lipinski definition) is 2. The van der Waals surface area contributed by atoms with Crippen molar-refractivity contribution in [1.29, 1.82) is 0 Å². The molecule has 1 saturated carbocycles. The molecule has 3 rings (SSSR count). The van der Waals surface area contributed by atoms with Crippen LogP contribution in [0.5, 0.6) is 5.75 Å². The van der Waals surface area contributed by atoms with Crippen LogP contribution in [0.15, 0.2) is 42.5 Å². The first kappa shape index (κ1) is 17.5. The van der Waals surface area contributed by atoms with Crippen molar-refractivity contribution in [3.8, 4) is 16.9 Å². The molecule has 1 aliphatic rings. The highest BCUT2D eigenvalue weighted by Crippen LogP contribution is 2.27. The molecule has 0 atom stereocenters. The Morgan fingerprint density at radius 1 is 1.20 bits per heavy atom. The summed E-state index contributed by atoms with van der Waals surface area (Å²) in [5.41, 5.74) is 2.62. The standard InChI is InChI=1S/C22H26NO2/c1-16(2)25-19-13-11-18(12-14-19)20-9-5-6-10-21(20)22(24)23-15-17-7-3-4-8-17/h5,9-14,16-17H,3-4,7-8,15H2,1-2H3,(H,23,24). The highest BCUT2D eigenvalue weighted by Gasteiger charge is 2.17. The molecule has 1 radical (unpaired) electrons. The molecule has 0 aliphatic heterocycles. The van der Waals surface area contributed by atoms with E-state index in [0.29, 0.717) is 11.5 Å². The van der Waals surface area contributed by atoms with E-state index >= 15 is 0 Å². The van der Waals surface area contributed by atoms with E-state index in [-0.39, 0.29) is 12.0 Å². The minimum Gasteiger partial charge on any atom is -0.491 e. The third-order valence-electron chi connectivity index (χ3n) is 4.67. The van der Waals surface area contributed by atoms with Gasteiger partial charge in [0.1, 0.15) is 5.75 Å². The predicted molar refractivity (Wildman–Crippen MR) is 101 cm³/mol. The number of nitrogens with one attached hydrogen (secondary N) is 1. The van der Waals surface area contributed by atoms with E-state index in [9.17, 15) is 4.79 Å². The number of carbonyl (C=O) groups is 1. The minimum absolute atomic E-state index is 0.0127. The van der Waals surface area contributed by atoms with Crippen molar-refractivity contribution in [2.75, 3.05) is 6.54 Å². The maximum Gasteiger partial charge on any atom is 0.251 e. The Morgan fingerprint density at radius 2 is 1.92 bits per heavy atom. The Balaban J connectivity index is 1.74. The third-order valence-corrected chi connectivity index (χ3v) is 4.67. The largest absolute Gasteiger partial charge is 0.491 e. The molecule has 25 heavy (non-hydrogen) atoms. The van der Waals surface area contributed by atoms with E-state index in [1.165, 1.54) is 25.7 Å². The fourth-order valence-electron chi connectivity index (χ4n) is 3.40. The summed E-state index contributed by atoms with van der Waals surface area (Å²) in [6.45, 7) is 4.79. The summed E-state index contributed by atoms with van der Waals surface area (Å²) in [4.78, 5) is 12.7. The van der Waals surface area contributed by atoms with Crippen LogP contribution in [0, 0.1) is 12.0 Å². The minimum atomic E-state index is -0.0127. The number of carbonyl (C=O) groups excluding carboxylic acids is 1. The summed E-state index contributed by atoms with van der Waals surface area (Å²) in [6.07, 6.45) is 5.18. The molecule has 2 aromatic carbocycles. The lowest BCUT2D eigenvalue weighted by molar-refractivity contribution is 0.0948. The molecule has 0 spiro atoms. The van der Waals surface area contributed by atoms with Crippen molar-refractivity contribution in [3.05, 3.63) is 54.1 Å². The van der Waals surface area contributed by atoms with Gasteiger partial charge in [-0.1, -0.05) is 37.1 Å². The lowest BCUT2D eigenvalue weighted by Gasteiger charge is -2.14. The van der Waals surface area contributed by atoms with Crippen LogP contribution in [0.3, 0.4) is 0 Å². The number of ether oxygens (including phenoxy) is 1. The average molecular weight is 336 g/mol. The molecule has 0 saturated heterocycles. The summed E-state index contributed by atoms with van der Waals surface area (Å²) < 4.78 is 5.69. The van der Waals surface area contributed by atoms with Gasteiger partial charge in [0.05, 0.1) is 6.10 Å². The number of amides is 1. The first-order valence-corrected chi connectivity index (χ1v) is 9.19. The molecule has 1 amide bonds. The molecular formula is C22H26NO2. The molecule has 2 aromatic rings. The molecule has 3 heteroatoms. The van der Waals surface area contributed by atoms with Crippen LogP contribution in [0.4, 0.5) is 0 Å². The molecule has 0 unspecified atom stereocenters. The quantitative estimate of drug-likeness (QED) is 0.818. The fourth-order valence-corrected chi connectivity index (χ4v) is 3.40. The second-order valence-corrected chi connectivity index (χ2v) is 7.02. The second kappa shape index (κ2) is 8.19. The fraction of sp³-hybridized carbons (Fsp3) is 0.409. The van der Waals surface area contributed by atoms with Crippen molar-refractivity contribution in [1.82, 2.24) is 5.32 Å². The van der Waals surface area contributed by atoms with Crippen LogP contribution < -0.4 is 10.1 Å². The van der Waals surface area contributed by atoms with Gasteiger partial charge in [-0.25, -0.2) is 0 Å². The topological polar surface area (TPSA) is 38.3 Å². The van der Waals surface area contributed by atoms with E-state index in [1.807, 2.05) is 50.2 Å². The first-order chi connectivity index (χ1) is 12.1. The Kier molecular flexibility index (Phi) is 5.75. The van der Waals surface area contributed by atoms with Gasteiger partial charge in [0.2, 0.25) is 0 Å². The summed E-state index contributed by atoms with van der Waals surface area (Å²) in [5, 5.41) is 3.10. The molecule has 0 heterocycles. The van der Waals surface area contributed by atoms with Gasteiger partial charge in [-0.3, -0.25) is 4.79 Å². The normalized spacial score (nSPS) is 14.7. The summed E-state index contributed by atoms with van der Waals surface area (Å²) in [5.74, 6) is 1.46. The van der Waals surface area contributed by atoms with Gasteiger partial charge < -0.3 is 10.1 Å². The van der Waals surface area contributed by atoms with E-state index in [4.69, 9.17) is 4.74 Å². The molecule has 0 aromatic heterocycles. The SMILES string of the molecule is CC(C)Oc1ccc(-c2cc[c]cc2C(=O)NCC2CCCC2)cc1. The van der Waals surface area contributed by atoms with E-state index in [2.05, 4.69) is 11.4 Å². The van der Waals surface area contributed by atoms with Crippen LogP contribution in [0.25, 0.3) is 11.1 Å². The number of rotatable bonds is 6. The van der Waals surface area contributed by atoms with Crippen molar-refractivity contribution in [2.45, 2.75) is 45.6 Å². The van der Waals surface area contributed by atoms with Crippen molar-refractivity contribution < 1.29 is 9.53 Å². The van der Waals surface area contributed by atoms with Crippen LogP contribution >= 0.6 is 0 Å². The molecule has 3 nitrogen and oxygen atoms in total. The zero-order chi connectivity index (χ0) is 17.6. The van der Waals surface area contributed by atoms with Gasteiger partial charge in [0.25, 0.3) is 5.91 Å². The van der Waals surface area contributed by atoms with Crippen molar-refractivity contribution in [2.24, 2.45) is 5.92 Å². The molecular weight excluding hydrogens is 310 g/mol. The Hall–Kier alpha value is -2.29. The molecule has 0 bridgehead atoms. The first-order valence-electron chi connectivity index (χ1n) is 9.19. The van der Waals surface area contributed by atoms with Crippen molar-refractivity contribution >= 4 is 5.91 Å². The van der Waals surface area contributed by atoms with Gasteiger partial charge in [-0.05, 0) is 68.0 Å². The average Bonchev–Trinajstić information content (AvgIpc) is 3.13. The van der Waals surface area contributed by atoms with E-state index in [1.54, 1.807) is 6.07 Å². The van der Waals surface area contributed by atoms with Gasteiger partial charge in [0, 0.05) is 12.1 Å². The predicted octanol–water partition coefficient (Wildman–Crippen LogP) is 4.86. The highest BCUT2D eigenvalue weighted by molar-refractivity contribution is 6.00. The third kappa shape index (κ3) is 4.62. The maximum atomic E-state index is 12.7. The molecule has 131 valence electrons. The molecule has 1 fully saturated rings. The van der Waals surface area contributed by atoms with E-state index < -0.39 is 0 Å². The van der Waals surface area contributed by atoms with Gasteiger partial charge in [0.15, 0.2) is 0 Å². The Morgan fingerprint density at radius 3 is 2.60 bits per heavy atom. The van der Waals surface area contributed by atoms with Crippen molar-refractivity contribution in [3.63, 3.8) is 0 Å². The maximum absolute atomic E-state index is 12.7. The summed E-state index contributed by atoms with van der Waals surface area (Å²) in [7, 11) is 0. The van der Waals surface area contributed by atoms with E-state index in [0.717, 1.165) is 23.4 Å². The monoisotopic (exact) mass is 336 g/mol. The smallest absolute Gasteiger partial charge is 0.251 e.